The second kappa shape index (κ2) is 4.31. The number of carbonyl (C=O) groups excluding carboxylic acids is 1. The Labute approximate surface area is 66.5 Å². The standard InChI is InChI=1S/C7H15N3O/c8-7(11)2-1-6-5-9-3-4-10-6/h6,9-10H,1-5H2,(H2,8,11). The summed E-state index contributed by atoms with van der Waals surface area (Å²) in [5.41, 5.74) is 5.02. The van der Waals surface area contributed by atoms with Crippen LogP contribution in [0.3, 0.4) is 0 Å². The van der Waals surface area contributed by atoms with Gasteiger partial charge in [-0.2, -0.15) is 0 Å². The number of hydrogen-bond donors (Lipinski definition) is 3. The molecule has 1 heterocycles. The Morgan fingerprint density at radius 1 is 1.55 bits per heavy atom. The maximum atomic E-state index is 10.4. The molecule has 4 nitrogen and oxygen atoms in total. The Morgan fingerprint density at radius 2 is 2.36 bits per heavy atom. The zero-order valence-electron chi connectivity index (χ0n) is 6.60. The lowest BCUT2D eigenvalue weighted by atomic mass is 10.1. The molecule has 0 aromatic heterocycles. The number of amides is 1. The van der Waals surface area contributed by atoms with Crippen LogP contribution >= 0.6 is 0 Å². The maximum absolute atomic E-state index is 10.4. The van der Waals surface area contributed by atoms with Gasteiger partial charge in [0, 0.05) is 32.1 Å². The molecule has 4 heteroatoms. The molecule has 1 atom stereocenters. The fraction of sp³-hybridized carbons (Fsp3) is 0.857. The molecule has 0 aliphatic carbocycles. The average molecular weight is 157 g/mol. The van der Waals surface area contributed by atoms with Crippen LogP contribution < -0.4 is 16.4 Å². The number of nitrogens with two attached hydrogens (primary N) is 1. The summed E-state index contributed by atoms with van der Waals surface area (Å²) in [6.45, 7) is 2.96. The predicted octanol–water partition coefficient (Wildman–Crippen LogP) is -1.19. The molecule has 0 aromatic carbocycles. The van der Waals surface area contributed by atoms with Gasteiger partial charge in [-0.1, -0.05) is 0 Å². The molecule has 1 saturated heterocycles. The van der Waals surface area contributed by atoms with Crippen molar-refractivity contribution < 1.29 is 4.79 Å². The number of hydrogen-bond acceptors (Lipinski definition) is 3. The maximum Gasteiger partial charge on any atom is 0.217 e. The van der Waals surface area contributed by atoms with Gasteiger partial charge in [0.05, 0.1) is 0 Å². The van der Waals surface area contributed by atoms with Crippen LogP contribution in [-0.4, -0.2) is 31.6 Å². The first-order chi connectivity index (χ1) is 5.29. The van der Waals surface area contributed by atoms with Gasteiger partial charge in [-0.25, -0.2) is 0 Å². The van der Waals surface area contributed by atoms with Crippen LogP contribution in [0.4, 0.5) is 0 Å². The lowest BCUT2D eigenvalue weighted by Crippen LogP contribution is -2.48. The second-order valence-electron chi connectivity index (χ2n) is 2.86. The minimum atomic E-state index is -0.211. The largest absolute Gasteiger partial charge is 0.370 e. The summed E-state index contributed by atoms with van der Waals surface area (Å²) in [7, 11) is 0. The van der Waals surface area contributed by atoms with Crippen molar-refractivity contribution in [3.05, 3.63) is 0 Å². The van der Waals surface area contributed by atoms with E-state index in [9.17, 15) is 4.79 Å². The number of nitrogens with one attached hydrogen (secondary N) is 2. The molecule has 0 aromatic rings. The van der Waals surface area contributed by atoms with Crippen molar-refractivity contribution in [2.24, 2.45) is 5.73 Å². The Balaban J connectivity index is 2.09. The van der Waals surface area contributed by atoms with Crippen molar-refractivity contribution in [1.82, 2.24) is 10.6 Å². The van der Waals surface area contributed by atoms with E-state index in [-0.39, 0.29) is 5.91 Å². The SMILES string of the molecule is NC(=O)CCC1CNCCN1. The highest BCUT2D eigenvalue weighted by atomic mass is 16.1. The van der Waals surface area contributed by atoms with Gasteiger partial charge in [0.25, 0.3) is 0 Å². The van der Waals surface area contributed by atoms with Crippen LogP contribution in [0.15, 0.2) is 0 Å². The van der Waals surface area contributed by atoms with Crippen molar-refractivity contribution in [1.29, 1.82) is 0 Å². The highest BCUT2D eigenvalue weighted by Crippen LogP contribution is 1.97. The lowest BCUT2D eigenvalue weighted by Gasteiger charge is -2.23. The van der Waals surface area contributed by atoms with Gasteiger partial charge in [-0.3, -0.25) is 4.79 Å². The smallest absolute Gasteiger partial charge is 0.217 e. The van der Waals surface area contributed by atoms with E-state index in [1.54, 1.807) is 0 Å². The number of piperazine rings is 1. The van der Waals surface area contributed by atoms with E-state index >= 15 is 0 Å². The van der Waals surface area contributed by atoms with E-state index in [0.717, 1.165) is 26.1 Å². The van der Waals surface area contributed by atoms with Gasteiger partial charge in [0.1, 0.15) is 0 Å². The van der Waals surface area contributed by atoms with E-state index in [0.29, 0.717) is 12.5 Å². The number of rotatable bonds is 3. The molecule has 11 heavy (non-hydrogen) atoms. The van der Waals surface area contributed by atoms with Crippen LogP contribution in [0.5, 0.6) is 0 Å². The van der Waals surface area contributed by atoms with E-state index in [2.05, 4.69) is 10.6 Å². The molecule has 0 saturated carbocycles. The summed E-state index contributed by atoms with van der Waals surface area (Å²) in [5.74, 6) is -0.211. The molecule has 4 N–H and O–H groups in total. The van der Waals surface area contributed by atoms with Gasteiger partial charge in [0.2, 0.25) is 5.91 Å². The summed E-state index contributed by atoms with van der Waals surface area (Å²) in [6, 6.07) is 0.427. The van der Waals surface area contributed by atoms with Gasteiger partial charge in [-0.05, 0) is 6.42 Å². The van der Waals surface area contributed by atoms with Crippen LogP contribution in [0.1, 0.15) is 12.8 Å². The molecule has 1 unspecified atom stereocenters. The molecule has 1 fully saturated rings. The third-order valence-corrected chi connectivity index (χ3v) is 1.86. The molecule has 64 valence electrons. The quantitative estimate of drug-likeness (QED) is 0.483. The molecule has 1 aliphatic rings. The average Bonchev–Trinajstić information content (AvgIpc) is 2.03. The summed E-state index contributed by atoms with van der Waals surface area (Å²) in [5, 5.41) is 6.55. The first-order valence-electron chi connectivity index (χ1n) is 4.01. The highest BCUT2D eigenvalue weighted by Gasteiger charge is 2.11. The monoisotopic (exact) mass is 157 g/mol. The van der Waals surface area contributed by atoms with E-state index in [1.807, 2.05) is 0 Å². The molecule has 0 spiro atoms. The van der Waals surface area contributed by atoms with Gasteiger partial charge < -0.3 is 16.4 Å². The zero-order chi connectivity index (χ0) is 8.10. The Hall–Kier alpha value is -0.610. The van der Waals surface area contributed by atoms with Gasteiger partial charge in [0.15, 0.2) is 0 Å². The van der Waals surface area contributed by atoms with Crippen LogP contribution in [0.25, 0.3) is 0 Å². The molecule has 1 aliphatic heterocycles. The third-order valence-electron chi connectivity index (χ3n) is 1.86. The van der Waals surface area contributed by atoms with Crippen LogP contribution in [-0.2, 0) is 4.79 Å². The Morgan fingerprint density at radius 3 is 2.91 bits per heavy atom. The number of carbonyl (C=O) groups is 1. The van der Waals surface area contributed by atoms with Gasteiger partial charge >= 0.3 is 0 Å². The van der Waals surface area contributed by atoms with Gasteiger partial charge in [-0.15, -0.1) is 0 Å². The summed E-state index contributed by atoms with van der Waals surface area (Å²) < 4.78 is 0. The first kappa shape index (κ1) is 8.49. The van der Waals surface area contributed by atoms with E-state index < -0.39 is 0 Å². The fourth-order valence-corrected chi connectivity index (χ4v) is 1.23. The lowest BCUT2D eigenvalue weighted by molar-refractivity contribution is -0.118. The normalized spacial score (nSPS) is 24.9. The van der Waals surface area contributed by atoms with Crippen molar-refractivity contribution in [2.75, 3.05) is 19.6 Å². The first-order valence-corrected chi connectivity index (χ1v) is 4.01. The minimum absolute atomic E-state index is 0.211. The zero-order valence-corrected chi connectivity index (χ0v) is 6.60. The topological polar surface area (TPSA) is 67.2 Å². The molecular formula is C7H15N3O. The minimum Gasteiger partial charge on any atom is -0.370 e. The molecule has 0 radical (unpaired) electrons. The summed E-state index contributed by atoms with van der Waals surface area (Å²) in [6.07, 6.45) is 1.33. The van der Waals surface area contributed by atoms with Crippen LogP contribution in [0.2, 0.25) is 0 Å². The highest BCUT2D eigenvalue weighted by molar-refractivity contribution is 5.73. The van der Waals surface area contributed by atoms with Crippen LogP contribution in [0, 0.1) is 0 Å². The van der Waals surface area contributed by atoms with Crippen molar-refractivity contribution in [3.8, 4) is 0 Å². The Bertz CT molecular complexity index is 132. The molecule has 1 amide bonds. The van der Waals surface area contributed by atoms with E-state index in [1.165, 1.54) is 0 Å². The summed E-state index contributed by atoms with van der Waals surface area (Å²) >= 11 is 0. The van der Waals surface area contributed by atoms with Crippen molar-refractivity contribution in [2.45, 2.75) is 18.9 Å². The van der Waals surface area contributed by atoms with Crippen molar-refractivity contribution in [3.63, 3.8) is 0 Å². The summed E-state index contributed by atoms with van der Waals surface area (Å²) in [4.78, 5) is 10.4. The molecular weight excluding hydrogens is 142 g/mol. The van der Waals surface area contributed by atoms with E-state index in [4.69, 9.17) is 5.73 Å². The molecule has 1 rings (SSSR count). The predicted molar refractivity (Wildman–Crippen MR) is 43.1 cm³/mol. The molecule has 0 bridgehead atoms. The number of primary amides is 1. The third kappa shape index (κ3) is 3.34. The second-order valence-corrected chi connectivity index (χ2v) is 2.86. The fourth-order valence-electron chi connectivity index (χ4n) is 1.23. The Kier molecular flexibility index (Phi) is 3.32. The van der Waals surface area contributed by atoms with Crippen molar-refractivity contribution >= 4 is 5.91 Å².